The first kappa shape index (κ1) is 13.1. The van der Waals surface area contributed by atoms with Crippen LogP contribution in [0.1, 0.15) is 29.5 Å². The molecule has 0 saturated carbocycles. The molecule has 0 nitrogen and oxygen atoms in total. The summed E-state index contributed by atoms with van der Waals surface area (Å²) in [7, 11) is 0. The number of hydrogen-bond donors (Lipinski definition) is 0. The molecule has 0 radical (unpaired) electrons. The van der Waals surface area contributed by atoms with E-state index >= 15 is 0 Å². The van der Waals surface area contributed by atoms with Crippen molar-refractivity contribution in [2.75, 3.05) is 0 Å². The second kappa shape index (κ2) is 7.64. The Morgan fingerprint density at radius 1 is 1.44 bits per heavy atom. The number of halogens is 2. The Balaban J connectivity index is -0.0000000817. The van der Waals surface area contributed by atoms with Gasteiger partial charge < -0.3 is 2.85 Å². The Morgan fingerprint density at radius 2 is 1.89 bits per heavy atom. The summed E-state index contributed by atoms with van der Waals surface area (Å²) >= 11 is 9.15. The zero-order valence-electron chi connectivity index (χ0n) is 8.03. The van der Waals surface area contributed by atoms with Crippen LogP contribution in [0.15, 0.2) is 0 Å². The van der Waals surface area contributed by atoms with Gasteiger partial charge in [-0.05, 0) is 19.8 Å². The zero-order valence-corrected chi connectivity index (χ0v) is 9.79. The number of hydrogen-bond acceptors (Lipinski definition) is 0. The first-order valence-electron chi connectivity index (χ1n) is 2.91. The average Bonchev–Trinajstić information content (AvgIpc) is 1.61. The third-order valence-electron chi connectivity index (χ3n) is 0.962. The van der Waals surface area contributed by atoms with Crippen molar-refractivity contribution in [3.05, 3.63) is 0 Å². The van der Waals surface area contributed by atoms with Crippen LogP contribution in [-0.2, 0) is 0 Å². The van der Waals surface area contributed by atoms with E-state index in [9.17, 15) is 0 Å². The summed E-state index contributed by atoms with van der Waals surface area (Å²) in [6.45, 7) is 4.16. The smallest absolute Gasteiger partial charge is 1.00 e. The molecule has 2 atom stereocenters. The van der Waals surface area contributed by atoms with Crippen LogP contribution >= 0.6 is 27.5 Å². The van der Waals surface area contributed by atoms with Crippen molar-refractivity contribution in [1.29, 1.82) is 0 Å². The first-order valence-corrected chi connectivity index (χ1v) is 4.26. The quantitative estimate of drug-likeness (QED) is 0.512. The monoisotopic (exact) mass is 224 g/mol. The SMILES string of the molecule is CC(Cl)CCC(C)Br.[H-].[H-].[Mg+2]. The fourth-order valence-electron chi connectivity index (χ4n) is 0.459. The standard InChI is InChI=1S/C6H12BrCl.Mg.2H/c1-5(7)3-4-6(2)8;;;/h5-6H,3-4H2,1-2H3;;;/q;+2;2*-1. The second-order valence-corrected chi connectivity index (χ2v) is 4.45. The van der Waals surface area contributed by atoms with Crippen molar-refractivity contribution in [3.63, 3.8) is 0 Å². The van der Waals surface area contributed by atoms with Gasteiger partial charge in [0.2, 0.25) is 0 Å². The molecule has 9 heavy (non-hydrogen) atoms. The molecule has 0 fully saturated rings. The summed E-state index contributed by atoms with van der Waals surface area (Å²) in [5.74, 6) is 0. The van der Waals surface area contributed by atoms with Gasteiger partial charge in [-0.3, -0.25) is 0 Å². The molecule has 0 aromatic heterocycles. The van der Waals surface area contributed by atoms with E-state index in [1.165, 1.54) is 6.42 Å². The summed E-state index contributed by atoms with van der Waals surface area (Å²) in [6.07, 6.45) is 2.28. The van der Waals surface area contributed by atoms with Crippen molar-refractivity contribution in [1.82, 2.24) is 0 Å². The molecule has 2 unspecified atom stereocenters. The van der Waals surface area contributed by atoms with Gasteiger partial charge in [0.15, 0.2) is 0 Å². The van der Waals surface area contributed by atoms with E-state index in [0.29, 0.717) is 10.2 Å². The Hall–Kier alpha value is 1.54. The largest absolute Gasteiger partial charge is 2.00 e. The minimum Gasteiger partial charge on any atom is -1.00 e. The molecule has 0 aliphatic rings. The molecule has 0 aromatic rings. The third kappa shape index (κ3) is 12.7. The van der Waals surface area contributed by atoms with Crippen LogP contribution in [-0.4, -0.2) is 33.3 Å². The maximum absolute atomic E-state index is 5.70. The van der Waals surface area contributed by atoms with Crippen LogP contribution in [0, 0.1) is 0 Å². The molecule has 0 amide bonds. The Bertz CT molecular complexity index is 56.5. The fraction of sp³-hybridized carbons (Fsp3) is 1.00. The molecular formula is C6H14BrClMg. The molecule has 3 heteroatoms. The molecule has 0 spiro atoms. The zero-order chi connectivity index (χ0) is 6.57. The van der Waals surface area contributed by atoms with Crippen LogP contribution in [0.4, 0.5) is 0 Å². The van der Waals surface area contributed by atoms with Crippen molar-refractivity contribution in [2.24, 2.45) is 0 Å². The van der Waals surface area contributed by atoms with E-state index in [1.54, 1.807) is 0 Å². The van der Waals surface area contributed by atoms with E-state index in [-0.39, 0.29) is 25.9 Å². The summed E-state index contributed by atoms with van der Waals surface area (Å²) < 4.78 is 0. The molecule has 0 N–H and O–H groups in total. The summed E-state index contributed by atoms with van der Waals surface area (Å²) in [5, 5.41) is 0.329. The van der Waals surface area contributed by atoms with Gasteiger partial charge in [0, 0.05) is 10.2 Å². The Morgan fingerprint density at radius 3 is 2.00 bits per heavy atom. The van der Waals surface area contributed by atoms with Crippen molar-refractivity contribution < 1.29 is 2.85 Å². The van der Waals surface area contributed by atoms with Crippen molar-refractivity contribution in [3.8, 4) is 0 Å². The topological polar surface area (TPSA) is 0 Å². The average molecular weight is 226 g/mol. The third-order valence-corrected chi connectivity index (χ3v) is 1.64. The molecule has 0 bridgehead atoms. The van der Waals surface area contributed by atoms with E-state index in [2.05, 4.69) is 22.9 Å². The van der Waals surface area contributed by atoms with E-state index in [1.807, 2.05) is 6.92 Å². The summed E-state index contributed by atoms with van der Waals surface area (Å²) in [5.41, 5.74) is 0. The van der Waals surface area contributed by atoms with E-state index in [0.717, 1.165) is 6.42 Å². The predicted octanol–water partition coefficient (Wildman–Crippen LogP) is 3.02. The molecule has 0 aromatic carbocycles. The van der Waals surface area contributed by atoms with Gasteiger partial charge in [0.05, 0.1) is 0 Å². The minimum absolute atomic E-state index is 0. The predicted molar refractivity (Wildman–Crippen MR) is 50.9 cm³/mol. The van der Waals surface area contributed by atoms with Crippen LogP contribution in [0.5, 0.6) is 0 Å². The maximum atomic E-state index is 5.70. The molecular weight excluding hydrogens is 212 g/mol. The molecule has 0 aliphatic carbocycles. The van der Waals surface area contributed by atoms with E-state index < -0.39 is 0 Å². The second-order valence-electron chi connectivity index (χ2n) is 2.14. The van der Waals surface area contributed by atoms with E-state index in [4.69, 9.17) is 11.6 Å². The van der Waals surface area contributed by atoms with Gasteiger partial charge in [-0.25, -0.2) is 0 Å². The number of alkyl halides is 2. The Labute approximate surface area is 90.0 Å². The number of rotatable bonds is 3. The van der Waals surface area contributed by atoms with Gasteiger partial charge in [0.25, 0.3) is 0 Å². The van der Waals surface area contributed by atoms with Crippen LogP contribution in [0.3, 0.4) is 0 Å². The Kier molecular flexibility index (Phi) is 11.2. The molecule has 54 valence electrons. The van der Waals surface area contributed by atoms with Gasteiger partial charge in [0.1, 0.15) is 0 Å². The van der Waals surface area contributed by atoms with Gasteiger partial charge in [-0.2, -0.15) is 0 Å². The van der Waals surface area contributed by atoms with Gasteiger partial charge in [-0.1, -0.05) is 22.9 Å². The maximum Gasteiger partial charge on any atom is 2.00 e. The van der Waals surface area contributed by atoms with Crippen LogP contribution in [0.2, 0.25) is 0 Å². The van der Waals surface area contributed by atoms with Crippen LogP contribution < -0.4 is 0 Å². The molecule has 0 heterocycles. The summed E-state index contributed by atoms with van der Waals surface area (Å²) in [6, 6.07) is 0. The van der Waals surface area contributed by atoms with Crippen LogP contribution in [0.25, 0.3) is 0 Å². The van der Waals surface area contributed by atoms with Gasteiger partial charge in [-0.15, -0.1) is 11.6 Å². The summed E-state index contributed by atoms with van der Waals surface area (Å²) in [4.78, 5) is 0.615. The first-order chi connectivity index (χ1) is 3.63. The molecule has 0 rings (SSSR count). The normalized spacial score (nSPS) is 16.0. The van der Waals surface area contributed by atoms with Crippen molar-refractivity contribution >= 4 is 50.6 Å². The van der Waals surface area contributed by atoms with Crippen molar-refractivity contribution in [2.45, 2.75) is 36.9 Å². The van der Waals surface area contributed by atoms with Gasteiger partial charge >= 0.3 is 23.1 Å². The molecule has 0 aliphatic heterocycles. The minimum atomic E-state index is 0. The molecule has 0 saturated heterocycles. The fourth-order valence-corrected chi connectivity index (χ4v) is 0.850.